The monoisotopic (exact) mass is 421 g/mol. The summed E-state index contributed by atoms with van der Waals surface area (Å²) in [6.45, 7) is 1.79. The summed E-state index contributed by atoms with van der Waals surface area (Å²) in [7, 11) is 1.57. The lowest BCUT2D eigenvalue weighted by molar-refractivity contribution is 0.0954. The number of hydrazone groups is 1. The van der Waals surface area contributed by atoms with Crippen LogP contribution in [-0.4, -0.2) is 24.6 Å². The maximum absolute atomic E-state index is 12.3. The molecule has 0 radical (unpaired) electrons. The highest BCUT2D eigenvalue weighted by molar-refractivity contribution is 6.30. The van der Waals surface area contributed by atoms with Crippen LogP contribution in [0.3, 0.4) is 0 Å². The Morgan fingerprint density at radius 1 is 0.800 bits per heavy atom. The van der Waals surface area contributed by atoms with E-state index in [0.717, 1.165) is 5.56 Å². The summed E-state index contributed by atoms with van der Waals surface area (Å²) in [6, 6.07) is 20.6. The van der Waals surface area contributed by atoms with Gasteiger partial charge >= 0.3 is 0 Å². The lowest BCUT2D eigenvalue weighted by atomic mass is 10.1. The van der Waals surface area contributed by atoms with E-state index in [1.807, 2.05) is 12.1 Å². The molecule has 0 aliphatic carbocycles. The molecule has 0 unspecified atom stereocenters. The number of nitrogens with zero attached hydrogens (tertiary/aromatic N) is 1. The molecular formula is C23H20ClN3O3. The van der Waals surface area contributed by atoms with E-state index in [-0.39, 0.29) is 11.8 Å². The van der Waals surface area contributed by atoms with Crippen LogP contribution in [0.15, 0.2) is 77.9 Å². The molecule has 30 heavy (non-hydrogen) atoms. The highest BCUT2D eigenvalue weighted by Crippen LogP contribution is 2.15. The Bertz CT molecular complexity index is 1060. The quantitative estimate of drug-likeness (QED) is 0.445. The van der Waals surface area contributed by atoms with Gasteiger partial charge in [-0.1, -0.05) is 23.7 Å². The van der Waals surface area contributed by atoms with Gasteiger partial charge in [0.1, 0.15) is 5.75 Å². The van der Waals surface area contributed by atoms with Gasteiger partial charge in [-0.05, 0) is 73.2 Å². The topological polar surface area (TPSA) is 79.8 Å². The van der Waals surface area contributed by atoms with Gasteiger partial charge in [0.05, 0.1) is 12.8 Å². The molecule has 0 aromatic heterocycles. The van der Waals surface area contributed by atoms with Gasteiger partial charge in [-0.15, -0.1) is 0 Å². The van der Waals surface area contributed by atoms with Crippen molar-refractivity contribution < 1.29 is 14.3 Å². The van der Waals surface area contributed by atoms with Crippen molar-refractivity contribution in [2.45, 2.75) is 6.92 Å². The van der Waals surface area contributed by atoms with Crippen LogP contribution in [0, 0.1) is 0 Å². The maximum atomic E-state index is 12.3. The van der Waals surface area contributed by atoms with Crippen molar-refractivity contribution in [3.8, 4) is 5.75 Å². The molecule has 7 heteroatoms. The van der Waals surface area contributed by atoms with Crippen molar-refractivity contribution in [2.75, 3.05) is 12.4 Å². The second-order valence-electron chi connectivity index (χ2n) is 6.41. The summed E-state index contributed by atoms with van der Waals surface area (Å²) in [5.41, 5.74) is 5.62. The Labute approximate surface area is 179 Å². The average molecular weight is 422 g/mol. The number of nitrogens with one attached hydrogen (secondary N) is 2. The molecule has 0 spiro atoms. The van der Waals surface area contributed by atoms with Crippen LogP contribution in [0.4, 0.5) is 5.69 Å². The zero-order chi connectivity index (χ0) is 21.5. The van der Waals surface area contributed by atoms with Crippen molar-refractivity contribution in [3.05, 3.63) is 94.5 Å². The molecule has 3 aromatic rings. The summed E-state index contributed by atoms with van der Waals surface area (Å²) >= 11 is 5.84. The number of hydrogen-bond donors (Lipinski definition) is 2. The van der Waals surface area contributed by atoms with E-state index in [0.29, 0.717) is 33.3 Å². The molecule has 3 aromatic carbocycles. The summed E-state index contributed by atoms with van der Waals surface area (Å²) in [5.74, 6) is 0.134. The molecule has 0 aliphatic heterocycles. The Kier molecular flexibility index (Phi) is 6.83. The summed E-state index contributed by atoms with van der Waals surface area (Å²) < 4.78 is 5.08. The Hall–Kier alpha value is -3.64. The van der Waals surface area contributed by atoms with Gasteiger partial charge in [0.25, 0.3) is 11.8 Å². The maximum Gasteiger partial charge on any atom is 0.271 e. The smallest absolute Gasteiger partial charge is 0.271 e. The predicted octanol–water partition coefficient (Wildman–Crippen LogP) is 4.75. The van der Waals surface area contributed by atoms with E-state index in [2.05, 4.69) is 15.8 Å². The number of rotatable bonds is 6. The number of ether oxygens (including phenoxy) is 1. The number of benzene rings is 3. The Morgan fingerprint density at radius 3 is 1.93 bits per heavy atom. The minimum atomic E-state index is -0.316. The number of amides is 2. The second-order valence-corrected chi connectivity index (χ2v) is 6.84. The predicted molar refractivity (Wildman–Crippen MR) is 119 cm³/mol. The first-order valence-corrected chi connectivity index (χ1v) is 9.50. The fourth-order valence-corrected chi connectivity index (χ4v) is 2.73. The van der Waals surface area contributed by atoms with E-state index in [9.17, 15) is 9.59 Å². The third-order valence-corrected chi connectivity index (χ3v) is 4.60. The molecule has 0 heterocycles. The summed E-state index contributed by atoms with van der Waals surface area (Å²) in [4.78, 5) is 24.5. The van der Waals surface area contributed by atoms with Gasteiger partial charge in [0, 0.05) is 21.8 Å². The zero-order valence-electron chi connectivity index (χ0n) is 16.5. The summed E-state index contributed by atoms with van der Waals surface area (Å²) in [6.07, 6.45) is 0. The van der Waals surface area contributed by atoms with E-state index >= 15 is 0 Å². The molecule has 152 valence electrons. The van der Waals surface area contributed by atoms with Gasteiger partial charge in [-0.25, -0.2) is 5.43 Å². The summed E-state index contributed by atoms with van der Waals surface area (Å²) in [5, 5.41) is 7.54. The molecular weight excluding hydrogens is 402 g/mol. The van der Waals surface area contributed by atoms with Crippen molar-refractivity contribution in [1.29, 1.82) is 0 Å². The van der Waals surface area contributed by atoms with Crippen molar-refractivity contribution in [1.82, 2.24) is 5.43 Å². The minimum Gasteiger partial charge on any atom is -0.497 e. The number of methoxy groups -OCH3 is 1. The van der Waals surface area contributed by atoms with E-state index < -0.39 is 0 Å². The average Bonchev–Trinajstić information content (AvgIpc) is 2.78. The van der Waals surface area contributed by atoms with E-state index in [1.54, 1.807) is 74.7 Å². The van der Waals surface area contributed by atoms with Crippen LogP contribution in [0.5, 0.6) is 5.75 Å². The molecule has 2 N–H and O–H groups in total. The largest absolute Gasteiger partial charge is 0.497 e. The number of halogens is 1. The van der Waals surface area contributed by atoms with Crippen LogP contribution in [0.25, 0.3) is 0 Å². The lowest BCUT2D eigenvalue weighted by Gasteiger charge is -2.07. The molecule has 0 atom stereocenters. The molecule has 0 saturated heterocycles. The van der Waals surface area contributed by atoms with Crippen LogP contribution < -0.4 is 15.5 Å². The van der Waals surface area contributed by atoms with Gasteiger partial charge < -0.3 is 10.1 Å². The molecule has 0 saturated carbocycles. The van der Waals surface area contributed by atoms with Gasteiger partial charge in [0.15, 0.2) is 0 Å². The van der Waals surface area contributed by atoms with Crippen molar-refractivity contribution in [3.63, 3.8) is 0 Å². The Balaban J connectivity index is 1.60. The van der Waals surface area contributed by atoms with Crippen LogP contribution >= 0.6 is 11.6 Å². The molecule has 6 nitrogen and oxygen atoms in total. The molecule has 0 fully saturated rings. The highest BCUT2D eigenvalue weighted by Gasteiger charge is 2.07. The van der Waals surface area contributed by atoms with Gasteiger partial charge in [-0.2, -0.15) is 5.10 Å². The number of anilines is 1. The fraction of sp³-hybridized carbons (Fsp3) is 0.0870. The molecule has 0 bridgehead atoms. The van der Waals surface area contributed by atoms with Crippen LogP contribution in [0.1, 0.15) is 33.2 Å². The van der Waals surface area contributed by atoms with E-state index in [4.69, 9.17) is 16.3 Å². The van der Waals surface area contributed by atoms with Crippen molar-refractivity contribution in [2.24, 2.45) is 5.10 Å². The standard InChI is InChI=1S/C23H20ClN3O3/c1-15(26-27-23(29)18-7-13-21(30-2)14-8-18)16-5-11-20(12-6-16)25-22(28)17-3-9-19(24)10-4-17/h3-14H,1-2H3,(H,25,28)(H,27,29). The van der Waals surface area contributed by atoms with Crippen LogP contribution in [0.2, 0.25) is 5.02 Å². The highest BCUT2D eigenvalue weighted by atomic mass is 35.5. The van der Waals surface area contributed by atoms with Gasteiger partial charge in [-0.3, -0.25) is 9.59 Å². The first kappa shape index (κ1) is 21.1. The SMILES string of the molecule is COc1ccc(C(=O)NN=C(C)c2ccc(NC(=O)c3ccc(Cl)cc3)cc2)cc1. The molecule has 0 aliphatic rings. The first-order chi connectivity index (χ1) is 14.5. The van der Waals surface area contributed by atoms with Gasteiger partial charge in [0.2, 0.25) is 0 Å². The lowest BCUT2D eigenvalue weighted by Crippen LogP contribution is -2.19. The first-order valence-electron chi connectivity index (χ1n) is 9.12. The zero-order valence-corrected chi connectivity index (χ0v) is 17.2. The third-order valence-electron chi connectivity index (χ3n) is 4.34. The number of hydrogen-bond acceptors (Lipinski definition) is 4. The molecule has 2 amide bonds. The fourth-order valence-electron chi connectivity index (χ4n) is 2.61. The van der Waals surface area contributed by atoms with Crippen LogP contribution in [-0.2, 0) is 0 Å². The second kappa shape index (κ2) is 9.71. The third kappa shape index (κ3) is 5.46. The van der Waals surface area contributed by atoms with E-state index in [1.165, 1.54) is 0 Å². The molecule has 3 rings (SSSR count). The number of carbonyl (C=O) groups excluding carboxylic acids is 2. The normalized spacial score (nSPS) is 11.0. The Morgan fingerprint density at radius 2 is 1.33 bits per heavy atom. The minimum absolute atomic E-state index is 0.225. The van der Waals surface area contributed by atoms with Crippen molar-refractivity contribution >= 4 is 34.8 Å². The number of carbonyl (C=O) groups is 2.